The Kier molecular flexibility index (Phi) is 7.92. The minimum absolute atomic E-state index is 0.0812. The third-order valence-corrected chi connectivity index (χ3v) is 5.14. The summed E-state index contributed by atoms with van der Waals surface area (Å²) >= 11 is 0. The van der Waals surface area contributed by atoms with Gasteiger partial charge in [0.2, 0.25) is 0 Å². The Balaban J connectivity index is 2.39. The topological polar surface area (TPSA) is 110 Å². The highest BCUT2D eigenvalue weighted by molar-refractivity contribution is 7.85. The van der Waals surface area contributed by atoms with Crippen molar-refractivity contribution < 1.29 is 27.3 Å². The Morgan fingerprint density at radius 2 is 1.76 bits per heavy atom. The molecule has 1 amide bonds. The maximum atomic E-state index is 13.1. The normalized spacial score (nSPS) is 12.2. The molecular formula is C21H25NO6S. The second-order valence-electron chi connectivity index (χ2n) is 6.41. The van der Waals surface area contributed by atoms with Gasteiger partial charge in [0.05, 0.1) is 17.9 Å². The first-order valence-electron chi connectivity index (χ1n) is 9.36. The summed E-state index contributed by atoms with van der Waals surface area (Å²) in [6.07, 6.45) is 0.302. The van der Waals surface area contributed by atoms with Gasteiger partial charge in [-0.15, -0.1) is 0 Å². The molecule has 0 radical (unpaired) electrons. The lowest BCUT2D eigenvalue weighted by Crippen LogP contribution is -2.43. The summed E-state index contributed by atoms with van der Waals surface area (Å²) in [6.45, 7) is 3.61. The fourth-order valence-electron chi connectivity index (χ4n) is 3.01. The molecule has 0 aliphatic carbocycles. The van der Waals surface area contributed by atoms with Crippen LogP contribution in [0.1, 0.15) is 36.2 Å². The van der Waals surface area contributed by atoms with E-state index in [0.717, 1.165) is 11.1 Å². The number of carbonyl (C=O) groups is 2. The number of amides is 1. The fraction of sp³-hybridized carbons (Fsp3) is 0.333. The van der Waals surface area contributed by atoms with Crippen LogP contribution in [0.15, 0.2) is 48.5 Å². The summed E-state index contributed by atoms with van der Waals surface area (Å²) in [7, 11) is -4.29. The first kappa shape index (κ1) is 22.6. The van der Waals surface area contributed by atoms with E-state index >= 15 is 0 Å². The third kappa shape index (κ3) is 6.40. The van der Waals surface area contributed by atoms with E-state index in [0.29, 0.717) is 17.5 Å². The summed E-state index contributed by atoms with van der Waals surface area (Å²) in [6, 6.07) is 13.7. The van der Waals surface area contributed by atoms with Crippen LogP contribution in [0.25, 0.3) is 11.1 Å². The number of hydrogen-bond donors (Lipinski definition) is 2. The van der Waals surface area contributed by atoms with E-state index < -0.39 is 33.8 Å². The summed E-state index contributed by atoms with van der Waals surface area (Å²) in [5.41, 5.74) is 2.77. The summed E-state index contributed by atoms with van der Waals surface area (Å²) in [5.74, 6) is -1.92. The van der Waals surface area contributed by atoms with Crippen molar-refractivity contribution in [1.29, 1.82) is 0 Å². The molecule has 2 aromatic rings. The molecule has 156 valence electrons. The van der Waals surface area contributed by atoms with Crippen LogP contribution in [0, 0.1) is 0 Å². The largest absolute Gasteiger partial charge is 0.464 e. The van der Waals surface area contributed by atoms with E-state index in [9.17, 15) is 18.0 Å². The fourth-order valence-corrected chi connectivity index (χ4v) is 3.54. The zero-order valence-corrected chi connectivity index (χ0v) is 17.2. The highest BCUT2D eigenvalue weighted by atomic mass is 32.2. The van der Waals surface area contributed by atoms with Crippen LogP contribution in [0.5, 0.6) is 0 Å². The molecule has 1 atom stereocenters. The monoisotopic (exact) mass is 419 g/mol. The van der Waals surface area contributed by atoms with E-state index in [1.807, 2.05) is 55.5 Å². The van der Waals surface area contributed by atoms with Crippen LogP contribution in [0.2, 0.25) is 0 Å². The Hall–Kier alpha value is -2.71. The van der Waals surface area contributed by atoms with E-state index in [1.54, 1.807) is 6.92 Å². The number of esters is 1. The van der Waals surface area contributed by atoms with Gasteiger partial charge >= 0.3 is 5.97 Å². The maximum absolute atomic E-state index is 13.1. The van der Waals surface area contributed by atoms with Crippen LogP contribution in [0.4, 0.5) is 0 Å². The lowest BCUT2D eigenvalue weighted by molar-refractivity contribution is -0.145. The van der Waals surface area contributed by atoms with Crippen LogP contribution in [-0.2, 0) is 26.1 Å². The van der Waals surface area contributed by atoms with Crippen LogP contribution in [-0.4, -0.2) is 43.2 Å². The molecule has 0 saturated heterocycles. The molecule has 0 unspecified atom stereocenters. The number of benzene rings is 2. The minimum atomic E-state index is -4.29. The van der Waals surface area contributed by atoms with Gasteiger partial charge in [0, 0.05) is 0 Å². The maximum Gasteiger partial charge on any atom is 0.328 e. The van der Waals surface area contributed by atoms with Gasteiger partial charge in [0.1, 0.15) is 6.04 Å². The molecule has 0 aliphatic heterocycles. The van der Waals surface area contributed by atoms with Crippen molar-refractivity contribution in [3.63, 3.8) is 0 Å². The second-order valence-corrected chi connectivity index (χ2v) is 7.98. The number of ether oxygens (including phenoxy) is 1. The molecule has 2 N–H and O–H groups in total. The quantitative estimate of drug-likeness (QED) is 0.478. The molecule has 7 nitrogen and oxygen atoms in total. The Bertz CT molecular complexity index is 956. The zero-order valence-electron chi connectivity index (χ0n) is 16.4. The van der Waals surface area contributed by atoms with Gasteiger partial charge in [-0.3, -0.25) is 9.35 Å². The number of aryl methyl sites for hydroxylation is 1. The molecule has 2 aromatic carbocycles. The Labute approximate surface area is 170 Å². The van der Waals surface area contributed by atoms with Gasteiger partial charge in [-0.2, -0.15) is 8.42 Å². The predicted molar refractivity (Wildman–Crippen MR) is 110 cm³/mol. The molecule has 0 heterocycles. The van der Waals surface area contributed by atoms with E-state index in [-0.39, 0.29) is 13.0 Å². The van der Waals surface area contributed by atoms with Crippen LogP contribution >= 0.6 is 0 Å². The minimum Gasteiger partial charge on any atom is -0.464 e. The Morgan fingerprint density at radius 3 is 2.34 bits per heavy atom. The molecular weight excluding hydrogens is 394 g/mol. The van der Waals surface area contributed by atoms with Crippen molar-refractivity contribution >= 4 is 22.0 Å². The molecule has 2 rings (SSSR count). The molecule has 8 heteroatoms. The van der Waals surface area contributed by atoms with Gasteiger partial charge < -0.3 is 10.1 Å². The van der Waals surface area contributed by atoms with Gasteiger partial charge in [-0.1, -0.05) is 55.5 Å². The summed E-state index contributed by atoms with van der Waals surface area (Å²) in [4.78, 5) is 25.4. The van der Waals surface area contributed by atoms with Crippen molar-refractivity contribution in [3.05, 3.63) is 59.7 Å². The highest BCUT2D eigenvalue weighted by Crippen LogP contribution is 2.27. The van der Waals surface area contributed by atoms with Crippen molar-refractivity contribution in [1.82, 2.24) is 5.32 Å². The van der Waals surface area contributed by atoms with Crippen molar-refractivity contribution in [3.8, 4) is 11.1 Å². The van der Waals surface area contributed by atoms with E-state index in [1.165, 1.54) is 0 Å². The Morgan fingerprint density at radius 1 is 1.07 bits per heavy atom. The molecule has 29 heavy (non-hydrogen) atoms. The SMILES string of the molecule is CCOC(=O)[C@H](CCS(=O)(=O)O)NC(=O)c1c(CC)cccc1-c1ccccc1. The standard InChI is InChI=1S/C21H25NO6S/c1-3-15-11-8-12-17(16-9-6-5-7-10-16)19(15)20(23)22-18(21(24)28-4-2)13-14-29(25,26)27/h5-12,18H,3-4,13-14H2,1-2H3,(H,22,23)(H,25,26,27)/t18-/m0/s1. The molecule has 0 bridgehead atoms. The highest BCUT2D eigenvalue weighted by Gasteiger charge is 2.26. The number of carbonyl (C=O) groups excluding carboxylic acids is 2. The number of rotatable bonds is 9. The van der Waals surface area contributed by atoms with E-state index in [4.69, 9.17) is 9.29 Å². The van der Waals surface area contributed by atoms with Gasteiger partial charge in [0.15, 0.2) is 0 Å². The summed E-state index contributed by atoms with van der Waals surface area (Å²) in [5, 5.41) is 2.59. The first-order valence-corrected chi connectivity index (χ1v) is 11.0. The molecule has 0 aliphatic rings. The lowest BCUT2D eigenvalue weighted by Gasteiger charge is -2.19. The number of nitrogens with one attached hydrogen (secondary N) is 1. The van der Waals surface area contributed by atoms with E-state index in [2.05, 4.69) is 5.32 Å². The second kappa shape index (κ2) is 10.2. The van der Waals surface area contributed by atoms with Crippen molar-refractivity contribution in [2.75, 3.05) is 12.4 Å². The lowest BCUT2D eigenvalue weighted by atomic mass is 9.93. The van der Waals surface area contributed by atoms with Crippen molar-refractivity contribution in [2.24, 2.45) is 0 Å². The zero-order chi connectivity index (χ0) is 21.4. The smallest absolute Gasteiger partial charge is 0.328 e. The first-order chi connectivity index (χ1) is 13.8. The van der Waals surface area contributed by atoms with Crippen molar-refractivity contribution in [2.45, 2.75) is 32.7 Å². The van der Waals surface area contributed by atoms with Gasteiger partial charge in [-0.05, 0) is 36.5 Å². The number of hydrogen-bond acceptors (Lipinski definition) is 5. The van der Waals surface area contributed by atoms with Crippen LogP contribution < -0.4 is 5.32 Å². The van der Waals surface area contributed by atoms with Crippen LogP contribution in [0.3, 0.4) is 0 Å². The average Bonchev–Trinajstić information content (AvgIpc) is 2.70. The van der Waals surface area contributed by atoms with Gasteiger partial charge in [-0.25, -0.2) is 4.79 Å². The molecule has 0 fully saturated rings. The third-order valence-electron chi connectivity index (χ3n) is 4.38. The average molecular weight is 419 g/mol. The molecule has 0 saturated carbocycles. The summed E-state index contributed by atoms with van der Waals surface area (Å²) < 4.78 is 36.2. The molecule has 0 spiro atoms. The molecule has 0 aromatic heterocycles. The van der Waals surface area contributed by atoms with Gasteiger partial charge in [0.25, 0.3) is 16.0 Å². The predicted octanol–water partition coefficient (Wildman–Crippen LogP) is 2.86.